The van der Waals surface area contributed by atoms with Gasteiger partial charge in [0.05, 0.1) is 20.3 Å². The molecule has 0 aromatic heterocycles. The molecule has 0 saturated carbocycles. The van der Waals surface area contributed by atoms with Crippen molar-refractivity contribution in [2.75, 3.05) is 0 Å². The van der Waals surface area contributed by atoms with E-state index in [1.165, 1.54) is 21.1 Å². The molecular weight excluding hydrogens is 469 g/mol. The molecule has 0 aromatic carbocycles. The summed E-state index contributed by atoms with van der Waals surface area (Å²) in [7, 11) is 0. The fourth-order valence-corrected chi connectivity index (χ4v) is 0. The van der Waals surface area contributed by atoms with Gasteiger partial charge in [-0.15, -0.1) is 41.7 Å². The van der Waals surface area contributed by atoms with Crippen molar-refractivity contribution in [1.29, 1.82) is 0 Å². The maximum absolute atomic E-state index is 9.04. The Morgan fingerprint density at radius 1 is 0.440 bits per heavy atom. The van der Waals surface area contributed by atoms with Gasteiger partial charge < -0.3 is 20.8 Å². The van der Waals surface area contributed by atoms with E-state index < -0.39 is 20.3 Å². The molecule has 0 spiro atoms. The first-order valence-electron chi connectivity index (χ1n) is 3.86. The minimum absolute atomic E-state index is 0. The Morgan fingerprint density at radius 2 is 0.480 bits per heavy atom. The van der Waals surface area contributed by atoms with Crippen molar-refractivity contribution in [3.05, 3.63) is 40.5 Å². The minimum atomic E-state index is -3.11. The van der Waals surface area contributed by atoms with Crippen LogP contribution in [0.1, 0.15) is 0 Å². The zero-order chi connectivity index (χ0) is 20.8. The second-order valence-electron chi connectivity index (χ2n) is 2.38. The molecule has 24 nitrogen and oxygen atoms in total. The van der Waals surface area contributed by atoms with Gasteiger partial charge in [0, 0.05) is 19.5 Å². The smallest absolute Gasteiger partial charge is 0.228 e. The molecule has 25 heteroatoms. The van der Waals surface area contributed by atoms with Crippen LogP contribution in [0.4, 0.5) is 0 Å². The van der Waals surface area contributed by atoms with Gasteiger partial charge in [-0.1, -0.05) is 19.6 Å². The van der Waals surface area contributed by atoms with Crippen molar-refractivity contribution in [2.24, 2.45) is 21.1 Å². The quantitative estimate of drug-likeness (QED) is 0.104. The normalized spacial score (nSPS) is 10.7. The van der Waals surface area contributed by atoms with E-state index >= 15 is 0 Å². The molecule has 0 bridgehead atoms. The molecule has 0 radical (unpaired) electrons. The summed E-state index contributed by atoms with van der Waals surface area (Å²) >= 11 is 0. The molecule has 0 saturated heterocycles. The molecule has 0 aromatic rings. The number of nitroso groups, excluding NO2 is 4. The molecule has 152 valence electrons. The van der Waals surface area contributed by atoms with E-state index in [0.717, 1.165) is 0 Å². The Labute approximate surface area is 144 Å². The topological polar surface area (TPSA) is 372 Å². The van der Waals surface area contributed by atoms with E-state index in [9.17, 15) is 0 Å². The van der Waals surface area contributed by atoms with E-state index in [1.54, 1.807) is 0 Å². The molecule has 0 heterocycles. The van der Waals surface area contributed by atoms with Crippen molar-refractivity contribution >= 4 is 0 Å². The van der Waals surface area contributed by atoms with Gasteiger partial charge >= 0.3 is 0 Å². The van der Waals surface area contributed by atoms with E-state index in [4.69, 9.17) is 82.1 Å². The third-order valence-electron chi connectivity index (χ3n) is 0.425. The van der Waals surface area contributed by atoms with E-state index in [0.29, 0.717) is 0 Å². The Kier molecular flexibility index (Phi) is 20.4. The van der Waals surface area contributed by atoms with Gasteiger partial charge in [0.2, 0.25) is 21.1 Å². The summed E-state index contributed by atoms with van der Waals surface area (Å²) in [6.07, 6.45) is 0. The number of nitrogens with zero attached hydrogens (tertiary/aromatic N) is 8. The fourth-order valence-electron chi connectivity index (χ4n) is 0. The van der Waals surface area contributed by atoms with Crippen LogP contribution in [-0.2, 0) is 19.5 Å². The number of hydrogen-bond donors (Lipinski definition) is 8. The summed E-state index contributed by atoms with van der Waals surface area (Å²) < 4.78 is 0. The summed E-state index contributed by atoms with van der Waals surface area (Å²) in [5, 5.41) is 87.1. The summed E-state index contributed by atoms with van der Waals surface area (Å²) in [4.78, 5) is 34.9. The predicted octanol–water partition coefficient (Wildman–Crippen LogP) is -0.959. The largest absolute Gasteiger partial charge is 0.533 e. The van der Waals surface area contributed by atoms with Gasteiger partial charge in [-0.25, -0.2) is 0 Å². The van der Waals surface area contributed by atoms with Gasteiger partial charge in [-0.2, -0.15) is 0 Å². The predicted molar refractivity (Wildman–Crippen MR) is 52.0 cm³/mol. The monoisotopic (exact) mass is 478 g/mol. The van der Waals surface area contributed by atoms with Crippen LogP contribution in [0.15, 0.2) is 21.1 Å². The third kappa shape index (κ3) is 86.3. The second-order valence-corrected chi connectivity index (χ2v) is 2.38. The average molecular weight is 477 g/mol. The third-order valence-corrected chi connectivity index (χ3v) is 0.425. The second kappa shape index (κ2) is 14.7. The molecule has 0 amide bonds. The molecule has 25 heavy (non-hydrogen) atoms. The van der Waals surface area contributed by atoms with E-state index in [2.05, 4.69) is 0 Å². The van der Waals surface area contributed by atoms with Crippen LogP contribution in [0.25, 0.3) is 0 Å². The van der Waals surface area contributed by atoms with Crippen molar-refractivity contribution in [1.82, 2.24) is 0 Å². The van der Waals surface area contributed by atoms with Gasteiger partial charge in [-0.3, -0.25) is 0 Å². The minimum Gasteiger partial charge on any atom is -0.533 e. The Balaban J connectivity index is -0.0000000702. The SMILES string of the molecule is O=N[N+]([O-])(O)O.O=N[N+]([O-])(O)O.O=N[N+]([O-])(O)O.O=N[N+]([O-])(O)O.[Ru]. The molecule has 0 unspecified atom stereocenters. The van der Waals surface area contributed by atoms with Gasteiger partial charge in [-0.05, 0) is 0 Å². The summed E-state index contributed by atoms with van der Waals surface area (Å²) in [6.45, 7) is 0. The van der Waals surface area contributed by atoms with Crippen LogP contribution in [0.3, 0.4) is 0 Å². The summed E-state index contributed by atoms with van der Waals surface area (Å²) in [5.41, 5.74) is 0. The maximum Gasteiger partial charge on any atom is 0.228 e. The average Bonchev–Trinajstić information content (AvgIpc) is 2.37. The van der Waals surface area contributed by atoms with Gasteiger partial charge in [0.15, 0.2) is 0 Å². The van der Waals surface area contributed by atoms with Crippen LogP contribution in [-0.4, -0.2) is 62.0 Å². The molecule has 0 atom stereocenters. The van der Waals surface area contributed by atoms with E-state index in [1.807, 2.05) is 0 Å². The Hall–Kier alpha value is -1.62. The molecule has 0 fully saturated rings. The molecule has 8 N–H and O–H groups in total. The number of rotatable bonds is 4. The first-order chi connectivity index (χ1) is 10.2. The van der Waals surface area contributed by atoms with Crippen LogP contribution < -0.4 is 0 Å². The van der Waals surface area contributed by atoms with Crippen LogP contribution in [0, 0.1) is 40.5 Å². The van der Waals surface area contributed by atoms with Crippen LogP contribution in [0.2, 0.25) is 0 Å². The Bertz CT molecular complexity index is 282. The number of quaternary nitrogens is 4. The molecule has 0 aliphatic heterocycles. The summed E-state index contributed by atoms with van der Waals surface area (Å²) in [5.74, 6) is 0. The van der Waals surface area contributed by atoms with Crippen molar-refractivity contribution < 1.29 is 81.5 Å². The molecule has 0 aliphatic carbocycles. The fraction of sp³-hybridized carbons (Fsp3) is 0. The zero-order valence-electron chi connectivity index (χ0n) is 10.8. The Morgan fingerprint density at radius 3 is 0.480 bits per heavy atom. The standard InChI is InChI=1S/4H2N2O4.Ru/c4*3-1-2(4,5)6;/h4*4-5H;. The zero-order valence-corrected chi connectivity index (χ0v) is 12.5. The first-order valence-corrected chi connectivity index (χ1v) is 3.86. The van der Waals surface area contributed by atoms with Crippen molar-refractivity contribution in [3.8, 4) is 0 Å². The van der Waals surface area contributed by atoms with Crippen LogP contribution >= 0.6 is 0 Å². The van der Waals surface area contributed by atoms with Gasteiger partial charge in [0.25, 0.3) is 0 Å². The number of hydrogen-bond acceptors (Lipinski definition) is 20. The van der Waals surface area contributed by atoms with E-state index in [-0.39, 0.29) is 19.5 Å². The molecule has 0 rings (SSSR count). The van der Waals surface area contributed by atoms with Crippen molar-refractivity contribution in [2.45, 2.75) is 0 Å². The maximum atomic E-state index is 9.04. The first kappa shape index (κ1) is 34.7. The summed E-state index contributed by atoms with van der Waals surface area (Å²) in [6, 6.07) is 0. The molecule has 0 aliphatic rings. The molecular formula is H8N8O16Ru. The van der Waals surface area contributed by atoms with Crippen LogP contribution in [0.5, 0.6) is 0 Å². The van der Waals surface area contributed by atoms with Gasteiger partial charge in [0.1, 0.15) is 0 Å². The van der Waals surface area contributed by atoms with Crippen molar-refractivity contribution in [3.63, 3.8) is 0 Å².